The summed E-state index contributed by atoms with van der Waals surface area (Å²) >= 11 is 3.17. The van der Waals surface area contributed by atoms with E-state index in [4.69, 9.17) is 9.15 Å². The summed E-state index contributed by atoms with van der Waals surface area (Å²) < 4.78 is 12.7. The number of methoxy groups -OCH3 is 1. The smallest absolute Gasteiger partial charge is 0.291 e. The van der Waals surface area contributed by atoms with Crippen LogP contribution in [-0.2, 0) is 0 Å². The molecule has 0 saturated heterocycles. The molecule has 146 valence electrons. The molecule has 8 heteroatoms. The molecule has 1 N–H and O–H groups in total. The molecule has 2 aromatic heterocycles. The highest BCUT2D eigenvalue weighted by Gasteiger charge is 2.16. The van der Waals surface area contributed by atoms with Crippen LogP contribution in [0, 0.1) is 6.92 Å². The van der Waals surface area contributed by atoms with E-state index in [-0.39, 0.29) is 11.3 Å². The van der Waals surface area contributed by atoms with Gasteiger partial charge in [0, 0.05) is 6.07 Å². The molecule has 4 rings (SSSR count). The van der Waals surface area contributed by atoms with Crippen molar-refractivity contribution in [2.75, 3.05) is 12.4 Å². The van der Waals surface area contributed by atoms with Gasteiger partial charge in [-0.15, -0.1) is 0 Å². The van der Waals surface area contributed by atoms with Crippen LogP contribution in [0.25, 0.3) is 16.6 Å². The van der Waals surface area contributed by atoms with Crippen LogP contribution in [0.3, 0.4) is 0 Å². The first kappa shape index (κ1) is 18.9. The van der Waals surface area contributed by atoms with Crippen LogP contribution in [0.5, 0.6) is 5.75 Å². The summed E-state index contributed by atoms with van der Waals surface area (Å²) in [6.45, 7) is 1.77. The second-order valence-corrected chi connectivity index (χ2v) is 7.04. The molecule has 4 aromatic rings. The average molecular weight is 454 g/mol. The summed E-state index contributed by atoms with van der Waals surface area (Å²) in [5, 5.41) is 3.27. The molecule has 0 aliphatic carbocycles. The second-order valence-electron chi connectivity index (χ2n) is 6.26. The third-order valence-electron chi connectivity index (χ3n) is 4.43. The molecule has 0 saturated carbocycles. The quantitative estimate of drug-likeness (QED) is 0.497. The first-order valence-corrected chi connectivity index (χ1v) is 9.50. The Balaban J connectivity index is 1.75. The van der Waals surface area contributed by atoms with Gasteiger partial charge in [-0.05, 0) is 59.3 Å². The molecular formula is C21H16BrN3O4. The van der Waals surface area contributed by atoms with E-state index < -0.39 is 5.91 Å². The monoisotopic (exact) mass is 453 g/mol. The summed E-state index contributed by atoms with van der Waals surface area (Å²) in [7, 11) is 1.49. The fourth-order valence-electron chi connectivity index (χ4n) is 3.09. The van der Waals surface area contributed by atoms with Crippen molar-refractivity contribution >= 4 is 38.4 Å². The van der Waals surface area contributed by atoms with Gasteiger partial charge < -0.3 is 14.5 Å². The maximum Gasteiger partial charge on any atom is 0.291 e. The molecule has 1 amide bonds. The Morgan fingerprint density at radius 3 is 2.69 bits per heavy atom. The topological polar surface area (TPSA) is 86.4 Å². The third-order valence-corrected chi connectivity index (χ3v) is 4.86. The maximum absolute atomic E-state index is 13.0. The Hall–Kier alpha value is -3.39. The minimum atomic E-state index is -0.414. The minimum Gasteiger partial charge on any atom is -0.494 e. The number of ether oxygens (including phenoxy) is 1. The first-order chi connectivity index (χ1) is 14.0. The van der Waals surface area contributed by atoms with Crippen molar-refractivity contribution in [3.63, 3.8) is 0 Å². The van der Waals surface area contributed by atoms with Crippen LogP contribution >= 0.6 is 15.9 Å². The number of nitrogens with one attached hydrogen (secondary N) is 1. The number of hydrogen-bond acceptors (Lipinski definition) is 5. The number of hydrogen-bond donors (Lipinski definition) is 1. The van der Waals surface area contributed by atoms with E-state index in [0.29, 0.717) is 38.5 Å². The number of halogens is 1. The molecule has 0 aliphatic rings. The molecule has 0 atom stereocenters. The van der Waals surface area contributed by atoms with E-state index in [1.807, 2.05) is 6.07 Å². The van der Waals surface area contributed by atoms with Crippen molar-refractivity contribution in [3.8, 4) is 11.4 Å². The van der Waals surface area contributed by atoms with E-state index in [2.05, 4.69) is 26.2 Å². The van der Waals surface area contributed by atoms with Gasteiger partial charge in [-0.3, -0.25) is 14.2 Å². The van der Waals surface area contributed by atoms with Gasteiger partial charge in [0.1, 0.15) is 11.6 Å². The number of fused-ring (bicyclic) bond motifs is 1. The molecule has 2 heterocycles. The largest absolute Gasteiger partial charge is 0.494 e. The summed E-state index contributed by atoms with van der Waals surface area (Å²) in [6, 6.07) is 15.5. The fourth-order valence-corrected chi connectivity index (χ4v) is 3.40. The molecule has 0 radical (unpaired) electrons. The van der Waals surface area contributed by atoms with E-state index >= 15 is 0 Å². The molecule has 2 aromatic carbocycles. The number of carbonyl (C=O) groups is 1. The van der Waals surface area contributed by atoms with Gasteiger partial charge in [-0.25, -0.2) is 4.98 Å². The van der Waals surface area contributed by atoms with E-state index in [1.54, 1.807) is 55.5 Å². The van der Waals surface area contributed by atoms with Crippen LogP contribution < -0.4 is 15.6 Å². The number of furan rings is 1. The number of nitrogens with zero attached hydrogens (tertiary/aromatic N) is 2. The van der Waals surface area contributed by atoms with Crippen LogP contribution in [-0.4, -0.2) is 22.6 Å². The van der Waals surface area contributed by atoms with Crippen molar-refractivity contribution in [2.24, 2.45) is 0 Å². The summed E-state index contributed by atoms with van der Waals surface area (Å²) in [5.41, 5.74) is 1.51. The number of anilines is 1. The van der Waals surface area contributed by atoms with Crippen LogP contribution in [0.1, 0.15) is 16.4 Å². The molecule has 0 unspecified atom stereocenters. The Labute approximate surface area is 174 Å². The van der Waals surface area contributed by atoms with Gasteiger partial charge in [0.15, 0.2) is 10.4 Å². The van der Waals surface area contributed by atoms with Crippen molar-refractivity contribution in [1.82, 2.24) is 9.55 Å². The van der Waals surface area contributed by atoms with Crippen LogP contribution in [0.2, 0.25) is 0 Å². The van der Waals surface area contributed by atoms with Crippen molar-refractivity contribution in [3.05, 3.63) is 81.2 Å². The zero-order chi connectivity index (χ0) is 20.5. The van der Waals surface area contributed by atoms with Crippen LogP contribution in [0.4, 0.5) is 5.69 Å². The Kier molecular flexibility index (Phi) is 4.94. The molecule has 0 fully saturated rings. The normalized spacial score (nSPS) is 10.9. The molecular weight excluding hydrogens is 438 g/mol. The van der Waals surface area contributed by atoms with E-state index in [0.717, 1.165) is 0 Å². The second kappa shape index (κ2) is 7.56. The molecule has 0 spiro atoms. The van der Waals surface area contributed by atoms with Gasteiger partial charge in [-0.2, -0.15) is 0 Å². The lowest BCUT2D eigenvalue weighted by Crippen LogP contribution is -2.22. The SMILES string of the molecule is COc1cc(-n2c(C)nc3ccccc3c2=O)ccc1NC(=O)c1ccc(Br)o1. The highest BCUT2D eigenvalue weighted by Crippen LogP contribution is 2.28. The summed E-state index contributed by atoms with van der Waals surface area (Å²) in [6.07, 6.45) is 0. The Morgan fingerprint density at radius 2 is 1.97 bits per heavy atom. The Morgan fingerprint density at radius 1 is 1.17 bits per heavy atom. The average Bonchev–Trinajstić information content (AvgIpc) is 3.15. The van der Waals surface area contributed by atoms with Gasteiger partial charge >= 0.3 is 0 Å². The van der Waals surface area contributed by atoms with Crippen molar-refractivity contribution in [2.45, 2.75) is 6.92 Å². The predicted molar refractivity (Wildman–Crippen MR) is 113 cm³/mol. The van der Waals surface area contributed by atoms with E-state index in [1.165, 1.54) is 11.7 Å². The number of carbonyl (C=O) groups excluding carboxylic acids is 1. The molecule has 0 aliphatic heterocycles. The highest BCUT2D eigenvalue weighted by atomic mass is 79.9. The number of para-hydroxylation sites is 1. The van der Waals surface area contributed by atoms with Crippen molar-refractivity contribution in [1.29, 1.82) is 0 Å². The number of aryl methyl sites for hydroxylation is 1. The van der Waals surface area contributed by atoms with Crippen LogP contribution in [0.15, 0.2) is 68.5 Å². The fraction of sp³-hybridized carbons (Fsp3) is 0.0952. The first-order valence-electron chi connectivity index (χ1n) is 8.71. The van der Waals surface area contributed by atoms with Gasteiger partial charge in [-0.1, -0.05) is 12.1 Å². The molecule has 29 heavy (non-hydrogen) atoms. The highest BCUT2D eigenvalue weighted by molar-refractivity contribution is 9.10. The number of rotatable bonds is 4. The van der Waals surface area contributed by atoms with Gasteiger partial charge in [0.05, 0.1) is 29.4 Å². The number of benzene rings is 2. The van der Waals surface area contributed by atoms with E-state index in [9.17, 15) is 9.59 Å². The maximum atomic E-state index is 13.0. The molecule has 0 bridgehead atoms. The number of aromatic nitrogens is 2. The summed E-state index contributed by atoms with van der Waals surface area (Å²) in [4.78, 5) is 29.9. The van der Waals surface area contributed by atoms with Gasteiger partial charge in [0.25, 0.3) is 11.5 Å². The summed E-state index contributed by atoms with van der Waals surface area (Å²) in [5.74, 6) is 0.699. The zero-order valence-corrected chi connectivity index (χ0v) is 17.2. The lowest BCUT2D eigenvalue weighted by molar-refractivity contribution is 0.0995. The predicted octanol–water partition coefficient (Wildman–Crippen LogP) is 4.31. The third kappa shape index (κ3) is 3.54. The zero-order valence-electron chi connectivity index (χ0n) is 15.6. The van der Waals surface area contributed by atoms with Gasteiger partial charge in [0.2, 0.25) is 0 Å². The number of amides is 1. The molecule has 7 nitrogen and oxygen atoms in total. The Bertz CT molecular complexity index is 1290. The van der Waals surface area contributed by atoms with Crippen molar-refractivity contribution < 1.29 is 13.9 Å². The standard InChI is InChI=1S/C21H16BrN3O4/c1-12-23-15-6-4-3-5-14(15)21(27)25(12)13-7-8-16(18(11-13)28-2)24-20(26)17-9-10-19(22)29-17/h3-11H,1-2H3,(H,24,26). The lowest BCUT2D eigenvalue weighted by Gasteiger charge is -2.14. The lowest BCUT2D eigenvalue weighted by atomic mass is 10.2. The minimum absolute atomic E-state index is 0.161.